The summed E-state index contributed by atoms with van der Waals surface area (Å²) in [7, 11) is 0. The predicted octanol–water partition coefficient (Wildman–Crippen LogP) is 2.09. The van der Waals surface area contributed by atoms with Gasteiger partial charge >= 0.3 is 0 Å². The fourth-order valence-electron chi connectivity index (χ4n) is 1.28. The average molecular weight is 197 g/mol. The first-order valence-corrected chi connectivity index (χ1v) is 4.41. The highest BCUT2D eigenvalue weighted by molar-refractivity contribution is 6.31. The van der Waals surface area contributed by atoms with Crippen LogP contribution in [0, 0.1) is 0 Å². The Bertz CT molecular complexity index is 365. The number of nitrogens with one attached hydrogen (secondary N) is 2. The van der Waals surface area contributed by atoms with Crippen LogP contribution in [0.4, 0.5) is 11.4 Å². The Labute approximate surface area is 81.1 Å². The first kappa shape index (κ1) is 8.38. The molecule has 2 rings (SSSR count). The molecule has 0 fully saturated rings. The highest BCUT2D eigenvalue weighted by Gasteiger charge is 2.20. The molecule has 1 amide bonds. The van der Waals surface area contributed by atoms with Gasteiger partial charge in [-0.3, -0.25) is 4.79 Å². The third kappa shape index (κ3) is 1.47. The van der Waals surface area contributed by atoms with Gasteiger partial charge in [0.25, 0.3) is 0 Å². The first-order chi connectivity index (χ1) is 6.16. The molecular weight excluding hydrogens is 188 g/mol. The second kappa shape index (κ2) is 2.92. The van der Waals surface area contributed by atoms with Gasteiger partial charge in [-0.1, -0.05) is 11.6 Å². The Morgan fingerprint density at radius 3 is 2.92 bits per heavy atom. The van der Waals surface area contributed by atoms with Gasteiger partial charge in [-0.05, 0) is 25.1 Å². The van der Waals surface area contributed by atoms with Gasteiger partial charge < -0.3 is 10.6 Å². The highest BCUT2D eigenvalue weighted by atomic mass is 35.5. The van der Waals surface area contributed by atoms with Crippen molar-refractivity contribution >= 4 is 28.9 Å². The monoisotopic (exact) mass is 196 g/mol. The lowest BCUT2D eigenvalue weighted by atomic mass is 10.1. The number of hydrogen-bond acceptors (Lipinski definition) is 2. The van der Waals surface area contributed by atoms with Gasteiger partial charge in [0, 0.05) is 5.02 Å². The minimum Gasteiger partial charge on any atom is -0.372 e. The van der Waals surface area contributed by atoms with Crippen molar-refractivity contribution in [3.05, 3.63) is 23.2 Å². The number of halogens is 1. The lowest BCUT2D eigenvalue weighted by molar-refractivity contribution is -0.116. The summed E-state index contributed by atoms with van der Waals surface area (Å²) in [5, 5.41) is 6.49. The molecule has 1 aliphatic heterocycles. The molecule has 1 aromatic carbocycles. The van der Waals surface area contributed by atoms with Crippen LogP contribution in [0.1, 0.15) is 6.92 Å². The van der Waals surface area contributed by atoms with Crippen LogP contribution in [-0.4, -0.2) is 11.9 Å². The van der Waals surface area contributed by atoms with Crippen LogP contribution in [0.25, 0.3) is 0 Å². The van der Waals surface area contributed by atoms with E-state index in [9.17, 15) is 4.79 Å². The SMILES string of the molecule is CC1Nc2cc(Cl)ccc2NC1=O. The molecule has 0 bridgehead atoms. The van der Waals surface area contributed by atoms with E-state index in [2.05, 4.69) is 10.6 Å². The standard InChI is InChI=1S/C9H9ClN2O/c1-5-9(13)12-7-3-2-6(10)4-8(7)11-5/h2-5,11H,1H3,(H,12,13). The topological polar surface area (TPSA) is 41.1 Å². The number of rotatable bonds is 0. The molecule has 68 valence electrons. The Kier molecular flexibility index (Phi) is 1.88. The molecule has 1 aromatic rings. The van der Waals surface area contributed by atoms with Crippen molar-refractivity contribution in [3.8, 4) is 0 Å². The maximum atomic E-state index is 11.2. The number of benzene rings is 1. The van der Waals surface area contributed by atoms with Gasteiger partial charge in [0.05, 0.1) is 11.4 Å². The Morgan fingerprint density at radius 2 is 2.15 bits per heavy atom. The van der Waals surface area contributed by atoms with E-state index in [4.69, 9.17) is 11.6 Å². The fraction of sp³-hybridized carbons (Fsp3) is 0.222. The fourth-order valence-corrected chi connectivity index (χ4v) is 1.46. The summed E-state index contributed by atoms with van der Waals surface area (Å²) in [5.41, 5.74) is 1.66. The van der Waals surface area contributed by atoms with E-state index in [1.54, 1.807) is 25.1 Å². The number of anilines is 2. The van der Waals surface area contributed by atoms with Gasteiger partial charge in [-0.15, -0.1) is 0 Å². The lowest BCUT2D eigenvalue weighted by Crippen LogP contribution is -2.36. The maximum Gasteiger partial charge on any atom is 0.246 e. The van der Waals surface area contributed by atoms with E-state index in [0.717, 1.165) is 11.4 Å². The normalized spacial score (nSPS) is 20.2. The predicted molar refractivity (Wildman–Crippen MR) is 53.2 cm³/mol. The average Bonchev–Trinajstić information content (AvgIpc) is 2.08. The van der Waals surface area contributed by atoms with Crippen LogP contribution < -0.4 is 10.6 Å². The second-order valence-electron chi connectivity index (χ2n) is 3.05. The summed E-state index contributed by atoms with van der Waals surface area (Å²) >= 11 is 5.81. The zero-order valence-electron chi connectivity index (χ0n) is 7.10. The van der Waals surface area contributed by atoms with Crippen LogP contribution in [0.15, 0.2) is 18.2 Å². The zero-order valence-corrected chi connectivity index (χ0v) is 7.85. The quantitative estimate of drug-likeness (QED) is 0.667. The minimum absolute atomic E-state index is 0.0187. The number of fused-ring (bicyclic) bond motifs is 1. The Hall–Kier alpha value is -1.22. The molecular formula is C9H9ClN2O. The van der Waals surface area contributed by atoms with Gasteiger partial charge in [-0.2, -0.15) is 0 Å². The summed E-state index contributed by atoms with van der Waals surface area (Å²) in [6, 6.07) is 5.13. The van der Waals surface area contributed by atoms with E-state index >= 15 is 0 Å². The van der Waals surface area contributed by atoms with Crippen molar-refractivity contribution in [2.75, 3.05) is 10.6 Å². The molecule has 0 saturated carbocycles. The molecule has 0 radical (unpaired) electrons. The van der Waals surface area contributed by atoms with Crippen LogP contribution in [0.2, 0.25) is 5.02 Å². The molecule has 13 heavy (non-hydrogen) atoms. The Morgan fingerprint density at radius 1 is 1.38 bits per heavy atom. The van der Waals surface area contributed by atoms with Crippen molar-refractivity contribution in [1.29, 1.82) is 0 Å². The molecule has 0 aliphatic carbocycles. The molecule has 1 heterocycles. The van der Waals surface area contributed by atoms with Crippen LogP contribution in [0.3, 0.4) is 0 Å². The molecule has 0 spiro atoms. The molecule has 2 N–H and O–H groups in total. The summed E-state index contributed by atoms with van der Waals surface area (Å²) in [6.45, 7) is 1.80. The summed E-state index contributed by atoms with van der Waals surface area (Å²) in [4.78, 5) is 11.2. The molecule has 3 nitrogen and oxygen atoms in total. The van der Waals surface area contributed by atoms with Crippen LogP contribution in [-0.2, 0) is 4.79 Å². The number of hydrogen-bond donors (Lipinski definition) is 2. The second-order valence-corrected chi connectivity index (χ2v) is 3.48. The van der Waals surface area contributed by atoms with Crippen molar-refractivity contribution in [2.24, 2.45) is 0 Å². The van der Waals surface area contributed by atoms with E-state index in [-0.39, 0.29) is 11.9 Å². The van der Waals surface area contributed by atoms with Crippen LogP contribution in [0.5, 0.6) is 0 Å². The van der Waals surface area contributed by atoms with Gasteiger partial charge in [0.1, 0.15) is 6.04 Å². The number of amides is 1. The first-order valence-electron chi connectivity index (χ1n) is 4.04. The van der Waals surface area contributed by atoms with Crippen molar-refractivity contribution in [3.63, 3.8) is 0 Å². The molecule has 1 aliphatic rings. The molecule has 1 unspecified atom stereocenters. The summed E-state index contributed by atoms with van der Waals surface area (Å²) in [6.07, 6.45) is 0. The van der Waals surface area contributed by atoms with Crippen LogP contribution >= 0.6 is 11.6 Å². The number of carbonyl (C=O) groups excluding carboxylic acids is 1. The van der Waals surface area contributed by atoms with Gasteiger partial charge in [0.15, 0.2) is 0 Å². The van der Waals surface area contributed by atoms with Gasteiger partial charge in [-0.25, -0.2) is 0 Å². The minimum atomic E-state index is -0.203. The summed E-state index contributed by atoms with van der Waals surface area (Å²) in [5.74, 6) is -0.0187. The van der Waals surface area contributed by atoms with E-state index in [0.29, 0.717) is 5.02 Å². The zero-order chi connectivity index (χ0) is 9.42. The third-order valence-electron chi connectivity index (χ3n) is 2.00. The van der Waals surface area contributed by atoms with Crippen molar-refractivity contribution in [1.82, 2.24) is 0 Å². The van der Waals surface area contributed by atoms with E-state index in [1.807, 2.05) is 0 Å². The lowest BCUT2D eigenvalue weighted by Gasteiger charge is -2.24. The van der Waals surface area contributed by atoms with E-state index < -0.39 is 0 Å². The molecule has 4 heteroatoms. The smallest absolute Gasteiger partial charge is 0.246 e. The highest BCUT2D eigenvalue weighted by Crippen LogP contribution is 2.29. The molecule has 1 atom stereocenters. The molecule has 0 aromatic heterocycles. The van der Waals surface area contributed by atoms with E-state index in [1.165, 1.54) is 0 Å². The largest absolute Gasteiger partial charge is 0.372 e. The number of carbonyl (C=O) groups is 1. The van der Waals surface area contributed by atoms with Crippen molar-refractivity contribution < 1.29 is 4.79 Å². The van der Waals surface area contributed by atoms with Crippen molar-refractivity contribution in [2.45, 2.75) is 13.0 Å². The Balaban J connectivity index is 2.42. The summed E-state index contributed by atoms with van der Waals surface area (Å²) < 4.78 is 0. The maximum absolute atomic E-state index is 11.2. The van der Waals surface area contributed by atoms with Gasteiger partial charge in [0.2, 0.25) is 5.91 Å². The third-order valence-corrected chi connectivity index (χ3v) is 2.24. The molecule has 0 saturated heterocycles.